The minimum atomic E-state index is 0.0217. The van der Waals surface area contributed by atoms with Crippen LogP contribution < -0.4 is 10.6 Å². The van der Waals surface area contributed by atoms with Crippen molar-refractivity contribution in [3.63, 3.8) is 0 Å². The maximum atomic E-state index is 12.5. The van der Waals surface area contributed by atoms with Gasteiger partial charge in [0.25, 0.3) is 5.91 Å². The zero-order valence-corrected chi connectivity index (χ0v) is 14.2. The molecular weight excluding hydrogens is 283 g/mol. The molecule has 1 fully saturated rings. The number of amides is 1. The lowest BCUT2D eigenvalue weighted by molar-refractivity contribution is -0.116. The number of hydrogen-bond acceptors (Lipinski definition) is 2. The Labute approximate surface area is 139 Å². The van der Waals surface area contributed by atoms with E-state index in [4.69, 9.17) is 0 Å². The van der Waals surface area contributed by atoms with Gasteiger partial charge < -0.3 is 10.6 Å². The summed E-state index contributed by atoms with van der Waals surface area (Å²) in [6.45, 7) is 6.34. The quantitative estimate of drug-likeness (QED) is 0.651. The molecule has 1 aromatic rings. The zero-order valence-electron chi connectivity index (χ0n) is 14.2. The molecule has 118 valence electrons. The highest BCUT2D eigenvalue weighted by Crippen LogP contribution is 2.42. The number of rotatable bonds is 2. The molecule has 3 nitrogen and oxygen atoms in total. The molecule has 2 N–H and O–H groups in total. The number of nitrogens with one attached hydrogen (secondary N) is 2. The van der Waals surface area contributed by atoms with Gasteiger partial charge in [-0.3, -0.25) is 4.79 Å². The van der Waals surface area contributed by atoms with Gasteiger partial charge in [-0.05, 0) is 30.5 Å². The first-order chi connectivity index (χ1) is 11.0. The molecule has 2 aliphatic heterocycles. The lowest BCUT2D eigenvalue weighted by atomic mass is 9.90. The number of anilines is 1. The van der Waals surface area contributed by atoms with Crippen LogP contribution in [0.1, 0.15) is 38.7 Å². The highest BCUT2D eigenvalue weighted by molar-refractivity contribution is 6.21. The Balaban J connectivity index is 2.08. The van der Waals surface area contributed by atoms with E-state index in [1.807, 2.05) is 19.1 Å². The molecule has 0 bridgehead atoms. The van der Waals surface area contributed by atoms with Crippen molar-refractivity contribution in [2.75, 3.05) is 5.32 Å². The van der Waals surface area contributed by atoms with E-state index in [1.54, 1.807) is 0 Å². The number of hydrogen-bond donors (Lipinski definition) is 2. The number of carbonyl (C=O) groups is 1. The van der Waals surface area contributed by atoms with Gasteiger partial charge in [0.1, 0.15) is 7.85 Å². The molecule has 23 heavy (non-hydrogen) atoms. The van der Waals surface area contributed by atoms with Gasteiger partial charge in [0.2, 0.25) is 0 Å². The number of fused-ring (bicyclic) bond motifs is 1. The van der Waals surface area contributed by atoms with Gasteiger partial charge in [-0.15, -0.1) is 5.47 Å². The molecule has 2 aliphatic rings. The topological polar surface area (TPSA) is 41.1 Å². The van der Waals surface area contributed by atoms with Gasteiger partial charge in [-0.1, -0.05) is 44.2 Å². The first-order valence-electron chi connectivity index (χ1n) is 8.31. The number of carbonyl (C=O) groups excluding carboxylic acids is 1. The molecule has 3 rings (SSSR count). The summed E-state index contributed by atoms with van der Waals surface area (Å²) >= 11 is 0. The highest BCUT2D eigenvalue weighted by Gasteiger charge is 2.35. The molecule has 4 heteroatoms. The van der Waals surface area contributed by atoms with Gasteiger partial charge in [0.15, 0.2) is 0 Å². The van der Waals surface area contributed by atoms with Crippen molar-refractivity contribution in [3.8, 4) is 0 Å². The number of para-hydroxylation sites is 1. The van der Waals surface area contributed by atoms with Gasteiger partial charge >= 0.3 is 0 Å². The molecule has 1 aromatic carbocycles. The van der Waals surface area contributed by atoms with Gasteiger partial charge in [0, 0.05) is 17.3 Å². The molecule has 0 aromatic heterocycles. The first kappa shape index (κ1) is 15.7. The van der Waals surface area contributed by atoms with E-state index in [0.29, 0.717) is 0 Å². The summed E-state index contributed by atoms with van der Waals surface area (Å²) in [5.74, 6) is 0.227. The molecule has 0 saturated carbocycles. The first-order valence-corrected chi connectivity index (χ1v) is 8.31. The Morgan fingerprint density at radius 2 is 2.04 bits per heavy atom. The van der Waals surface area contributed by atoms with Crippen molar-refractivity contribution in [3.05, 3.63) is 64.3 Å². The number of allylic oxidation sites excluding steroid dienone is 4. The second kappa shape index (κ2) is 6.11. The van der Waals surface area contributed by atoms with Crippen LogP contribution in [0.2, 0.25) is 0 Å². The third-order valence-corrected chi connectivity index (χ3v) is 4.83. The van der Waals surface area contributed by atoms with Crippen molar-refractivity contribution in [2.45, 2.75) is 39.2 Å². The summed E-state index contributed by atoms with van der Waals surface area (Å²) in [7, 11) is 2.12. The number of benzene rings is 1. The van der Waals surface area contributed by atoms with Crippen LogP contribution in [-0.2, 0) is 4.79 Å². The lowest BCUT2D eigenvalue weighted by Crippen LogP contribution is -2.23. The van der Waals surface area contributed by atoms with E-state index in [0.717, 1.165) is 29.0 Å². The largest absolute Gasteiger partial charge is 0.357 e. The summed E-state index contributed by atoms with van der Waals surface area (Å²) in [4.78, 5) is 12.5. The minimum absolute atomic E-state index is 0.0217. The standard InChI is InChI=1S/C19H23BN2O/c1-4-13(20)9-10-15-12(3)21-19(23)17(15)18-11(2)14-7-5-6-8-16(14)22-18/h5-12,22H,4,20H2,1-3H3,(H,21,23)/b13-9+,15-10+,18-17-. The Hall–Kier alpha value is -2.23. The molecule has 1 amide bonds. The zero-order chi connectivity index (χ0) is 16.6. The molecule has 0 radical (unpaired) electrons. The SMILES string of the molecule is B/C(=C/C=C1/C(=C2/Nc3ccccc3C2C)C(=O)NC1C)CC. The maximum Gasteiger partial charge on any atom is 0.253 e. The summed E-state index contributed by atoms with van der Waals surface area (Å²) in [5, 5.41) is 6.51. The van der Waals surface area contributed by atoms with Crippen LogP contribution in [0.3, 0.4) is 0 Å². The molecular formula is C19H23BN2O. The average molecular weight is 306 g/mol. The molecule has 0 spiro atoms. The van der Waals surface area contributed by atoms with E-state index in [1.165, 1.54) is 11.0 Å². The van der Waals surface area contributed by atoms with Crippen LogP contribution in [-0.4, -0.2) is 19.8 Å². The molecule has 2 heterocycles. The summed E-state index contributed by atoms with van der Waals surface area (Å²) < 4.78 is 0. The van der Waals surface area contributed by atoms with Crippen LogP contribution in [0.4, 0.5) is 5.69 Å². The average Bonchev–Trinajstić information content (AvgIpc) is 3.01. The van der Waals surface area contributed by atoms with Crippen LogP contribution in [0.5, 0.6) is 0 Å². The molecule has 2 unspecified atom stereocenters. The summed E-state index contributed by atoms with van der Waals surface area (Å²) in [6.07, 6.45) is 5.24. The Bertz CT molecular complexity index is 745. The predicted molar refractivity (Wildman–Crippen MR) is 98.1 cm³/mol. The fourth-order valence-electron chi connectivity index (χ4n) is 3.23. The van der Waals surface area contributed by atoms with Crippen LogP contribution in [0, 0.1) is 0 Å². The van der Waals surface area contributed by atoms with Crippen molar-refractivity contribution >= 4 is 19.4 Å². The van der Waals surface area contributed by atoms with E-state index >= 15 is 0 Å². The summed E-state index contributed by atoms with van der Waals surface area (Å²) in [5.41, 5.74) is 6.56. The van der Waals surface area contributed by atoms with Crippen LogP contribution in [0.15, 0.2) is 58.7 Å². The third kappa shape index (κ3) is 2.74. The van der Waals surface area contributed by atoms with Crippen molar-refractivity contribution in [2.24, 2.45) is 0 Å². The fraction of sp³-hybridized carbons (Fsp3) is 0.316. The highest BCUT2D eigenvalue weighted by atomic mass is 16.2. The van der Waals surface area contributed by atoms with Crippen molar-refractivity contribution in [1.29, 1.82) is 0 Å². The summed E-state index contributed by atoms with van der Waals surface area (Å²) in [6, 6.07) is 8.31. The van der Waals surface area contributed by atoms with Gasteiger partial charge in [-0.2, -0.15) is 0 Å². The predicted octanol–water partition coefficient (Wildman–Crippen LogP) is 2.84. The normalized spacial score (nSPS) is 28.7. The van der Waals surface area contributed by atoms with E-state index < -0.39 is 0 Å². The van der Waals surface area contributed by atoms with Gasteiger partial charge in [0.05, 0.1) is 11.6 Å². The van der Waals surface area contributed by atoms with E-state index in [9.17, 15) is 4.79 Å². The van der Waals surface area contributed by atoms with Crippen LogP contribution in [0.25, 0.3) is 0 Å². The van der Waals surface area contributed by atoms with E-state index in [-0.39, 0.29) is 17.9 Å². The third-order valence-electron chi connectivity index (χ3n) is 4.83. The Kier molecular flexibility index (Phi) is 4.16. The monoisotopic (exact) mass is 306 g/mol. The molecule has 0 aliphatic carbocycles. The second-order valence-electron chi connectivity index (χ2n) is 6.41. The van der Waals surface area contributed by atoms with Gasteiger partial charge in [-0.25, -0.2) is 0 Å². The Morgan fingerprint density at radius 3 is 2.74 bits per heavy atom. The smallest absolute Gasteiger partial charge is 0.253 e. The maximum absolute atomic E-state index is 12.5. The fourth-order valence-corrected chi connectivity index (χ4v) is 3.23. The Morgan fingerprint density at radius 1 is 1.30 bits per heavy atom. The minimum Gasteiger partial charge on any atom is -0.357 e. The van der Waals surface area contributed by atoms with Crippen molar-refractivity contribution < 1.29 is 4.79 Å². The van der Waals surface area contributed by atoms with Crippen LogP contribution >= 0.6 is 0 Å². The second-order valence-corrected chi connectivity index (χ2v) is 6.41. The molecule has 2 atom stereocenters. The van der Waals surface area contributed by atoms with E-state index in [2.05, 4.69) is 56.6 Å². The molecule has 1 saturated heterocycles. The lowest BCUT2D eigenvalue weighted by Gasteiger charge is -2.11. The van der Waals surface area contributed by atoms with Crippen molar-refractivity contribution in [1.82, 2.24) is 5.32 Å².